The van der Waals surface area contributed by atoms with Gasteiger partial charge in [-0.25, -0.2) is 0 Å². The number of aromatic nitrogens is 2. The Balaban J connectivity index is 1.64. The molecule has 0 aliphatic carbocycles. The van der Waals surface area contributed by atoms with E-state index in [2.05, 4.69) is 10.4 Å². The van der Waals surface area contributed by atoms with Crippen LogP contribution in [0.2, 0.25) is 0 Å². The summed E-state index contributed by atoms with van der Waals surface area (Å²) in [6.07, 6.45) is 4.94. The van der Waals surface area contributed by atoms with Gasteiger partial charge in [-0.15, -0.1) is 0 Å². The fourth-order valence-corrected chi connectivity index (χ4v) is 2.80. The van der Waals surface area contributed by atoms with Crippen molar-refractivity contribution in [2.24, 2.45) is 0 Å². The molecule has 160 valence electrons. The quantitative estimate of drug-likeness (QED) is 0.393. The smallest absolute Gasteiger partial charge is 0.262 e. The lowest BCUT2D eigenvalue weighted by Gasteiger charge is -2.12. The lowest BCUT2D eigenvalue weighted by Crippen LogP contribution is -2.20. The highest BCUT2D eigenvalue weighted by molar-refractivity contribution is 6.05. The maximum atomic E-state index is 12.3. The number of benzene rings is 2. The van der Waals surface area contributed by atoms with Crippen LogP contribution in [0.15, 0.2) is 66.9 Å². The minimum Gasteiger partial charge on any atom is -0.490 e. The van der Waals surface area contributed by atoms with Crippen LogP contribution in [-0.2, 0) is 11.3 Å². The molecule has 0 aliphatic rings. The lowest BCUT2D eigenvalue weighted by molar-refractivity contribution is -0.118. The van der Waals surface area contributed by atoms with Gasteiger partial charge in [0.1, 0.15) is 5.69 Å². The molecular weight excluding hydrogens is 394 g/mol. The van der Waals surface area contributed by atoms with E-state index in [4.69, 9.17) is 9.47 Å². The number of hydrogen-bond acceptors (Lipinski definition) is 5. The molecule has 0 spiro atoms. The van der Waals surface area contributed by atoms with E-state index in [1.54, 1.807) is 53.4 Å². The number of aryl methyl sites for hydroxylation is 1. The minimum atomic E-state index is -0.269. The average molecular weight is 419 g/mol. The van der Waals surface area contributed by atoms with E-state index in [1.807, 2.05) is 32.0 Å². The number of nitrogens with one attached hydrogen (secondary N) is 1. The van der Waals surface area contributed by atoms with Crippen molar-refractivity contribution in [2.45, 2.75) is 20.4 Å². The molecule has 0 saturated heterocycles. The summed E-state index contributed by atoms with van der Waals surface area (Å²) in [5, 5.41) is 6.97. The largest absolute Gasteiger partial charge is 0.490 e. The van der Waals surface area contributed by atoms with Crippen LogP contribution in [0.25, 0.3) is 6.08 Å². The zero-order valence-corrected chi connectivity index (χ0v) is 17.6. The Morgan fingerprint density at radius 1 is 1.03 bits per heavy atom. The summed E-state index contributed by atoms with van der Waals surface area (Å²) >= 11 is 0. The SMILES string of the molecule is CCOc1cc(/C=C/C(=O)c2ccn(CC)n2)ccc1OCC(=O)Nc1ccccc1. The number of hydrogen-bond donors (Lipinski definition) is 1. The van der Waals surface area contributed by atoms with Crippen molar-refractivity contribution in [1.29, 1.82) is 0 Å². The summed E-state index contributed by atoms with van der Waals surface area (Å²) in [5.41, 5.74) is 1.87. The van der Waals surface area contributed by atoms with Gasteiger partial charge in [0.2, 0.25) is 5.78 Å². The number of amides is 1. The lowest BCUT2D eigenvalue weighted by atomic mass is 10.1. The van der Waals surface area contributed by atoms with Crippen molar-refractivity contribution < 1.29 is 19.1 Å². The van der Waals surface area contributed by atoms with Crippen LogP contribution >= 0.6 is 0 Å². The molecule has 1 heterocycles. The second kappa shape index (κ2) is 10.8. The number of ether oxygens (including phenoxy) is 2. The van der Waals surface area contributed by atoms with Gasteiger partial charge in [-0.3, -0.25) is 14.3 Å². The highest BCUT2D eigenvalue weighted by Crippen LogP contribution is 2.29. The van der Waals surface area contributed by atoms with Crippen LogP contribution in [0.1, 0.15) is 29.9 Å². The van der Waals surface area contributed by atoms with Crippen molar-refractivity contribution in [1.82, 2.24) is 9.78 Å². The van der Waals surface area contributed by atoms with Crippen molar-refractivity contribution in [3.8, 4) is 11.5 Å². The van der Waals surface area contributed by atoms with Crippen molar-refractivity contribution in [3.05, 3.63) is 78.1 Å². The third kappa shape index (κ3) is 6.30. The van der Waals surface area contributed by atoms with Gasteiger partial charge in [-0.05, 0) is 55.8 Å². The van der Waals surface area contributed by atoms with E-state index in [0.29, 0.717) is 36.0 Å². The number of anilines is 1. The number of rotatable bonds is 10. The number of para-hydroxylation sites is 1. The Kier molecular flexibility index (Phi) is 7.59. The molecule has 0 unspecified atom stereocenters. The second-order valence-corrected chi connectivity index (χ2v) is 6.60. The monoisotopic (exact) mass is 419 g/mol. The molecule has 7 nitrogen and oxygen atoms in total. The van der Waals surface area contributed by atoms with Gasteiger partial charge in [0.25, 0.3) is 5.91 Å². The summed E-state index contributed by atoms with van der Waals surface area (Å²) in [4.78, 5) is 24.4. The Morgan fingerprint density at radius 3 is 2.55 bits per heavy atom. The Labute approximate surface area is 181 Å². The average Bonchev–Trinajstić information content (AvgIpc) is 3.27. The molecule has 7 heteroatoms. The Hall–Kier alpha value is -3.87. The maximum absolute atomic E-state index is 12.3. The molecule has 3 rings (SSSR count). The van der Waals surface area contributed by atoms with E-state index in [1.165, 1.54) is 6.08 Å². The molecule has 0 bridgehead atoms. The van der Waals surface area contributed by atoms with E-state index in [9.17, 15) is 9.59 Å². The normalized spacial score (nSPS) is 10.8. The fourth-order valence-electron chi connectivity index (χ4n) is 2.80. The summed E-state index contributed by atoms with van der Waals surface area (Å²) in [5.74, 6) is 0.507. The van der Waals surface area contributed by atoms with Crippen molar-refractivity contribution in [2.75, 3.05) is 18.5 Å². The van der Waals surface area contributed by atoms with Crippen LogP contribution in [0, 0.1) is 0 Å². The Morgan fingerprint density at radius 2 is 1.84 bits per heavy atom. The molecule has 2 aromatic carbocycles. The molecule has 1 aromatic heterocycles. The van der Waals surface area contributed by atoms with Crippen LogP contribution in [0.3, 0.4) is 0 Å². The molecule has 0 radical (unpaired) electrons. The number of carbonyl (C=O) groups is 2. The summed E-state index contributed by atoms with van der Waals surface area (Å²) in [6.45, 7) is 4.82. The number of nitrogens with zero attached hydrogens (tertiary/aromatic N) is 2. The number of ketones is 1. The molecule has 1 amide bonds. The first-order chi connectivity index (χ1) is 15.1. The third-order valence-electron chi connectivity index (χ3n) is 4.33. The predicted molar refractivity (Wildman–Crippen MR) is 119 cm³/mol. The van der Waals surface area contributed by atoms with Crippen LogP contribution in [0.5, 0.6) is 11.5 Å². The summed E-state index contributed by atoms with van der Waals surface area (Å²) in [7, 11) is 0. The highest BCUT2D eigenvalue weighted by Gasteiger charge is 2.10. The van der Waals surface area contributed by atoms with Crippen molar-refractivity contribution >= 4 is 23.5 Å². The van der Waals surface area contributed by atoms with E-state index >= 15 is 0 Å². The standard InChI is InChI=1S/C24H25N3O4/c1-3-27-15-14-20(26-27)21(28)12-10-18-11-13-22(23(16-18)30-4-2)31-17-24(29)25-19-8-6-5-7-9-19/h5-16H,3-4,17H2,1-2H3,(H,25,29)/b12-10+. The van der Waals surface area contributed by atoms with Gasteiger partial charge < -0.3 is 14.8 Å². The van der Waals surface area contributed by atoms with Crippen molar-refractivity contribution in [3.63, 3.8) is 0 Å². The van der Waals surface area contributed by atoms with Crippen LogP contribution in [0.4, 0.5) is 5.69 Å². The second-order valence-electron chi connectivity index (χ2n) is 6.60. The number of carbonyl (C=O) groups excluding carboxylic acids is 2. The van der Waals surface area contributed by atoms with Gasteiger partial charge in [-0.2, -0.15) is 5.10 Å². The summed E-state index contributed by atoms with van der Waals surface area (Å²) < 4.78 is 13.0. The van der Waals surface area contributed by atoms with E-state index < -0.39 is 0 Å². The zero-order chi connectivity index (χ0) is 22.1. The van der Waals surface area contributed by atoms with Gasteiger partial charge in [0.05, 0.1) is 6.61 Å². The first kappa shape index (κ1) is 21.8. The predicted octanol–water partition coefficient (Wildman–Crippen LogP) is 4.22. The molecule has 0 fully saturated rings. The Bertz CT molecular complexity index is 1060. The van der Waals surface area contributed by atoms with Crippen LogP contribution < -0.4 is 14.8 Å². The minimum absolute atomic E-state index is 0.150. The summed E-state index contributed by atoms with van der Waals surface area (Å²) in [6, 6.07) is 16.1. The molecule has 31 heavy (non-hydrogen) atoms. The third-order valence-corrected chi connectivity index (χ3v) is 4.33. The maximum Gasteiger partial charge on any atom is 0.262 e. The molecule has 0 saturated carbocycles. The highest BCUT2D eigenvalue weighted by atomic mass is 16.5. The van der Waals surface area contributed by atoms with Gasteiger partial charge in [0, 0.05) is 18.4 Å². The van der Waals surface area contributed by atoms with Gasteiger partial charge in [-0.1, -0.05) is 30.3 Å². The first-order valence-corrected chi connectivity index (χ1v) is 10.1. The topological polar surface area (TPSA) is 82.5 Å². The van der Waals surface area contributed by atoms with Gasteiger partial charge in [0.15, 0.2) is 18.1 Å². The first-order valence-electron chi connectivity index (χ1n) is 10.1. The molecule has 0 aliphatic heterocycles. The molecule has 1 N–H and O–H groups in total. The molecular formula is C24H25N3O4. The number of allylic oxidation sites excluding steroid dienone is 1. The zero-order valence-electron chi connectivity index (χ0n) is 17.6. The van der Waals surface area contributed by atoms with Gasteiger partial charge >= 0.3 is 0 Å². The molecule has 3 aromatic rings. The fraction of sp³-hybridized carbons (Fsp3) is 0.208. The van der Waals surface area contributed by atoms with E-state index in [0.717, 1.165) is 5.56 Å². The van der Waals surface area contributed by atoms with E-state index in [-0.39, 0.29) is 18.3 Å². The van der Waals surface area contributed by atoms with Crippen LogP contribution in [-0.4, -0.2) is 34.7 Å². The molecule has 0 atom stereocenters.